The summed E-state index contributed by atoms with van der Waals surface area (Å²) < 4.78 is 7.15. The molecule has 4 atom stereocenters. The normalized spacial score (nSPS) is 30.5. The molecule has 8 nitrogen and oxygen atoms in total. The van der Waals surface area contributed by atoms with Crippen LogP contribution in [0.1, 0.15) is 37.2 Å². The Morgan fingerprint density at radius 1 is 1.28 bits per heavy atom. The molecule has 1 N–H and O–H groups in total. The van der Waals surface area contributed by atoms with Gasteiger partial charge >= 0.3 is 0 Å². The minimum atomic E-state index is -0.418. The number of rotatable bonds is 4. The van der Waals surface area contributed by atoms with E-state index in [9.17, 15) is 14.4 Å². The van der Waals surface area contributed by atoms with Crippen molar-refractivity contribution >= 4 is 23.4 Å². The second-order valence-corrected chi connectivity index (χ2v) is 7.46. The average molecular weight is 346 g/mol. The standard InChI is InChI=1S/C17H22N4O4/c1-8(2)6-18-15(22)14-9(7-19-20(14)3)21-16(23)12-10-4-5-11(25-10)13(12)17(21)24/h7-8,10-13H,4-6H2,1-3H3,(H,18,22)/t10-,11-,12-,13-/m0/s1. The summed E-state index contributed by atoms with van der Waals surface area (Å²) in [6.07, 6.45) is 2.70. The van der Waals surface area contributed by atoms with E-state index >= 15 is 0 Å². The zero-order chi connectivity index (χ0) is 17.9. The van der Waals surface area contributed by atoms with Gasteiger partial charge < -0.3 is 10.1 Å². The lowest BCUT2D eigenvalue weighted by Gasteiger charge is -2.18. The third-order valence-corrected chi connectivity index (χ3v) is 5.33. The van der Waals surface area contributed by atoms with Crippen molar-refractivity contribution in [2.75, 3.05) is 11.4 Å². The van der Waals surface area contributed by atoms with E-state index in [4.69, 9.17) is 4.74 Å². The molecule has 25 heavy (non-hydrogen) atoms. The van der Waals surface area contributed by atoms with Crippen molar-refractivity contribution in [3.63, 3.8) is 0 Å². The summed E-state index contributed by atoms with van der Waals surface area (Å²) in [6, 6.07) is 0. The number of aryl methyl sites for hydroxylation is 1. The number of ether oxygens (including phenoxy) is 1. The van der Waals surface area contributed by atoms with Crippen molar-refractivity contribution in [2.24, 2.45) is 24.8 Å². The van der Waals surface area contributed by atoms with Crippen molar-refractivity contribution in [3.05, 3.63) is 11.9 Å². The van der Waals surface area contributed by atoms with Gasteiger partial charge in [-0.2, -0.15) is 5.10 Å². The zero-order valence-corrected chi connectivity index (χ0v) is 14.6. The van der Waals surface area contributed by atoms with Crippen LogP contribution in [-0.2, 0) is 21.4 Å². The maximum Gasteiger partial charge on any atom is 0.271 e. The lowest BCUT2D eigenvalue weighted by molar-refractivity contribution is -0.124. The van der Waals surface area contributed by atoms with Crippen LogP contribution in [0.15, 0.2) is 6.20 Å². The first-order chi connectivity index (χ1) is 11.9. The Hall–Kier alpha value is -2.22. The number of nitrogens with one attached hydrogen (secondary N) is 1. The molecule has 4 rings (SSSR count). The smallest absolute Gasteiger partial charge is 0.271 e. The molecule has 3 aliphatic heterocycles. The number of hydrogen-bond donors (Lipinski definition) is 1. The molecular weight excluding hydrogens is 324 g/mol. The number of anilines is 1. The van der Waals surface area contributed by atoms with Crippen LogP contribution in [0.2, 0.25) is 0 Å². The predicted molar refractivity (Wildman–Crippen MR) is 87.7 cm³/mol. The summed E-state index contributed by atoms with van der Waals surface area (Å²) in [5.74, 6) is -1.42. The van der Waals surface area contributed by atoms with Crippen LogP contribution < -0.4 is 10.2 Å². The Bertz CT molecular complexity index is 728. The molecular formula is C17H22N4O4. The fourth-order valence-electron chi connectivity index (χ4n) is 4.18. The van der Waals surface area contributed by atoms with Gasteiger partial charge in [-0.15, -0.1) is 0 Å². The quantitative estimate of drug-likeness (QED) is 0.800. The van der Waals surface area contributed by atoms with Gasteiger partial charge in [0.2, 0.25) is 11.8 Å². The molecule has 3 fully saturated rings. The highest BCUT2D eigenvalue weighted by molar-refractivity contribution is 6.24. The minimum absolute atomic E-state index is 0.175. The second kappa shape index (κ2) is 5.66. The van der Waals surface area contributed by atoms with Gasteiger partial charge in [0.1, 0.15) is 11.4 Å². The summed E-state index contributed by atoms with van der Waals surface area (Å²) in [4.78, 5) is 39.5. The molecule has 0 aliphatic carbocycles. The molecule has 3 aliphatic rings. The maximum absolute atomic E-state index is 12.9. The molecule has 0 saturated carbocycles. The predicted octanol–water partition coefficient (Wildman–Crippen LogP) is 0.473. The van der Waals surface area contributed by atoms with E-state index in [1.807, 2.05) is 13.8 Å². The van der Waals surface area contributed by atoms with E-state index in [0.29, 0.717) is 12.5 Å². The Morgan fingerprint density at radius 3 is 2.44 bits per heavy atom. The number of hydrogen-bond acceptors (Lipinski definition) is 5. The lowest BCUT2D eigenvalue weighted by atomic mass is 9.81. The molecule has 1 aromatic rings. The number of carbonyl (C=O) groups is 3. The molecule has 0 spiro atoms. The van der Waals surface area contributed by atoms with E-state index in [-0.39, 0.29) is 41.3 Å². The van der Waals surface area contributed by atoms with Crippen molar-refractivity contribution in [3.8, 4) is 0 Å². The second-order valence-electron chi connectivity index (χ2n) is 7.46. The molecule has 4 heterocycles. The number of aromatic nitrogens is 2. The van der Waals surface area contributed by atoms with E-state index < -0.39 is 11.8 Å². The van der Waals surface area contributed by atoms with Gasteiger partial charge in [0.25, 0.3) is 5.91 Å². The first-order valence-electron chi connectivity index (χ1n) is 8.73. The highest BCUT2D eigenvalue weighted by Gasteiger charge is 2.63. The Labute approximate surface area is 145 Å². The topological polar surface area (TPSA) is 93.5 Å². The molecule has 0 aromatic carbocycles. The lowest BCUT2D eigenvalue weighted by Crippen LogP contribution is -2.37. The fraction of sp³-hybridized carbons (Fsp3) is 0.647. The summed E-state index contributed by atoms with van der Waals surface area (Å²) in [5.41, 5.74) is 0.503. The van der Waals surface area contributed by atoms with E-state index in [1.165, 1.54) is 10.9 Å². The summed E-state index contributed by atoms with van der Waals surface area (Å²) in [7, 11) is 1.63. The van der Waals surface area contributed by atoms with Crippen molar-refractivity contribution < 1.29 is 19.1 Å². The average Bonchev–Trinajstić information content (AvgIpc) is 3.30. The van der Waals surface area contributed by atoms with Crippen LogP contribution in [0, 0.1) is 17.8 Å². The van der Waals surface area contributed by atoms with Crippen LogP contribution >= 0.6 is 0 Å². The van der Waals surface area contributed by atoms with Gasteiger partial charge in [-0.3, -0.25) is 19.1 Å². The van der Waals surface area contributed by atoms with Crippen molar-refractivity contribution in [1.29, 1.82) is 0 Å². The van der Waals surface area contributed by atoms with Gasteiger partial charge in [0.05, 0.1) is 30.2 Å². The first kappa shape index (κ1) is 16.3. The third kappa shape index (κ3) is 2.31. The third-order valence-electron chi connectivity index (χ3n) is 5.33. The number of imide groups is 1. The molecule has 134 valence electrons. The number of amides is 3. The fourth-order valence-corrected chi connectivity index (χ4v) is 4.18. The monoisotopic (exact) mass is 346 g/mol. The maximum atomic E-state index is 12.9. The van der Waals surface area contributed by atoms with E-state index in [0.717, 1.165) is 17.7 Å². The van der Waals surface area contributed by atoms with Crippen molar-refractivity contribution in [2.45, 2.75) is 38.9 Å². The molecule has 0 radical (unpaired) electrons. The van der Waals surface area contributed by atoms with Gasteiger partial charge in [-0.25, -0.2) is 4.90 Å². The zero-order valence-electron chi connectivity index (χ0n) is 14.6. The number of carbonyl (C=O) groups excluding carboxylic acids is 3. The first-order valence-corrected chi connectivity index (χ1v) is 8.73. The highest BCUT2D eigenvalue weighted by Crippen LogP contribution is 2.49. The Morgan fingerprint density at radius 2 is 1.88 bits per heavy atom. The largest absolute Gasteiger partial charge is 0.373 e. The molecule has 1 aromatic heterocycles. The van der Waals surface area contributed by atoms with Gasteiger partial charge in [-0.1, -0.05) is 13.8 Å². The molecule has 3 saturated heterocycles. The van der Waals surface area contributed by atoms with Crippen LogP contribution in [0.25, 0.3) is 0 Å². The van der Waals surface area contributed by atoms with Gasteiger partial charge in [0, 0.05) is 13.6 Å². The SMILES string of the molecule is CC(C)CNC(=O)c1c(N2C(=O)[C@@H]3[C@@H](C2=O)[C@@H]2CC[C@@H]3O2)cnn1C. The summed E-state index contributed by atoms with van der Waals surface area (Å²) in [5, 5.41) is 6.93. The Balaban J connectivity index is 1.66. The summed E-state index contributed by atoms with van der Waals surface area (Å²) >= 11 is 0. The summed E-state index contributed by atoms with van der Waals surface area (Å²) in [6.45, 7) is 4.50. The Kier molecular flexibility index (Phi) is 3.68. The highest BCUT2D eigenvalue weighted by atomic mass is 16.5. The van der Waals surface area contributed by atoms with Crippen LogP contribution in [-0.4, -0.2) is 46.3 Å². The molecule has 0 unspecified atom stereocenters. The molecule has 2 bridgehead atoms. The number of nitrogens with zero attached hydrogens (tertiary/aromatic N) is 3. The van der Waals surface area contributed by atoms with Crippen LogP contribution in [0.4, 0.5) is 5.69 Å². The molecule has 3 amide bonds. The minimum Gasteiger partial charge on any atom is -0.373 e. The van der Waals surface area contributed by atoms with E-state index in [2.05, 4.69) is 10.4 Å². The van der Waals surface area contributed by atoms with Gasteiger partial charge in [0.15, 0.2) is 0 Å². The van der Waals surface area contributed by atoms with E-state index in [1.54, 1.807) is 7.05 Å². The van der Waals surface area contributed by atoms with Crippen LogP contribution in [0.5, 0.6) is 0 Å². The number of fused-ring (bicyclic) bond motifs is 5. The van der Waals surface area contributed by atoms with Crippen molar-refractivity contribution in [1.82, 2.24) is 15.1 Å². The van der Waals surface area contributed by atoms with Gasteiger partial charge in [-0.05, 0) is 18.8 Å². The van der Waals surface area contributed by atoms with Crippen LogP contribution in [0.3, 0.4) is 0 Å². The molecule has 8 heteroatoms.